The van der Waals surface area contributed by atoms with Crippen LogP contribution in [0.25, 0.3) is 10.2 Å². The molecule has 1 saturated heterocycles. The minimum absolute atomic E-state index is 0.0490. The average Bonchev–Trinajstić information content (AvgIpc) is 3.27. The molecule has 1 N–H and O–H groups in total. The predicted molar refractivity (Wildman–Crippen MR) is 107 cm³/mol. The lowest BCUT2D eigenvalue weighted by Crippen LogP contribution is -2.28. The molecule has 7 nitrogen and oxygen atoms in total. The van der Waals surface area contributed by atoms with Crippen LogP contribution in [0.1, 0.15) is 23.2 Å². The van der Waals surface area contributed by atoms with Crippen molar-refractivity contribution in [1.29, 1.82) is 0 Å². The Bertz CT molecular complexity index is 1160. The average molecular weight is 449 g/mol. The Morgan fingerprint density at radius 2 is 1.77 bits per heavy atom. The van der Waals surface area contributed by atoms with Crippen LogP contribution in [0.15, 0.2) is 42.5 Å². The van der Waals surface area contributed by atoms with E-state index in [1.807, 2.05) is 0 Å². The van der Waals surface area contributed by atoms with Gasteiger partial charge in [-0.05, 0) is 42.5 Å². The molecule has 1 aliphatic heterocycles. The first-order valence-electron chi connectivity index (χ1n) is 9.07. The van der Waals surface area contributed by atoms with Crippen LogP contribution in [0.4, 0.5) is 24.0 Å². The number of ether oxygens (including phenoxy) is 1. The van der Waals surface area contributed by atoms with Gasteiger partial charge in [0.2, 0.25) is 11.8 Å². The van der Waals surface area contributed by atoms with E-state index >= 15 is 0 Å². The Labute approximate surface area is 177 Å². The summed E-state index contributed by atoms with van der Waals surface area (Å²) in [6, 6.07) is 10.3. The molecule has 0 unspecified atom stereocenters. The van der Waals surface area contributed by atoms with Crippen molar-refractivity contribution >= 4 is 50.1 Å². The zero-order valence-corrected chi connectivity index (χ0v) is 16.5. The second-order valence-corrected chi connectivity index (χ2v) is 7.71. The standard InChI is InChI=1S/C20H14F3N3O4S/c21-20(22,23)10-30-13-5-6-14-15(9-13)31-19(24-14)25-18(29)11-1-3-12(4-2-11)26-16(27)7-8-17(26)28/h1-6,9H,7-8,10H2,(H,24,25,29). The van der Waals surface area contributed by atoms with Crippen molar-refractivity contribution in [3.63, 3.8) is 0 Å². The molecule has 0 atom stereocenters. The highest BCUT2D eigenvalue weighted by molar-refractivity contribution is 7.22. The number of rotatable bonds is 5. The minimum atomic E-state index is -4.44. The Morgan fingerprint density at radius 3 is 2.42 bits per heavy atom. The molecule has 0 spiro atoms. The molecule has 0 radical (unpaired) electrons. The minimum Gasteiger partial charge on any atom is -0.484 e. The summed E-state index contributed by atoms with van der Waals surface area (Å²) in [5, 5.41) is 2.90. The number of nitrogens with one attached hydrogen (secondary N) is 1. The van der Waals surface area contributed by atoms with E-state index in [4.69, 9.17) is 4.74 Å². The van der Waals surface area contributed by atoms with Crippen LogP contribution in [-0.4, -0.2) is 35.5 Å². The fourth-order valence-electron chi connectivity index (χ4n) is 3.01. The number of hydrogen-bond donors (Lipinski definition) is 1. The predicted octanol–water partition coefficient (Wildman–Crippen LogP) is 4.14. The number of carbonyl (C=O) groups is 3. The van der Waals surface area contributed by atoms with Gasteiger partial charge in [-0.3, -0.25) is 24.6 Å². The number of fused-ring (bicyclic) bond motifs is 1. The number of nitrogens with zero attached hydrogens (tertiary/aromatic N) is 2. The summed E-state index contributed by atoms with van der Waals surface area (Å²) in [5.41, 5.74) is 1.19. The summed E-state index contributed by atoms with van der Waals surface area (Å²) in [6.45, 7) is -1.40. The molecule has 160 valence electrons. The van der Waals surface area contributed by atoms with Crippen molar-refractivity contribution in [3.8, 4) is 5.75 Å². The summed E-state index contributed by atoms with van der Waals surface area (Å²) < 4.78 is 42.2. The van der Waals surface area contributed by atoms with Gasteiger partial charge in [0, 0.05) is 18.4 Å². The van der Waals surface area contributed by atoms with E-state index in [1.54, 1.807) is 0 Å². The molecular weight excluding hydrogens is 435 g/mol. The molecule has 3 amide bonds. The van der Waals surface area contributed by atoms with E-state index in [2.05, 4.69) is 10.3 Å². The van der Waals surface area contributed by atoms with Crippen LogP contribution in [-0.2, 0) is 9.59 Å². The zero-order valence-electron chi connectivity index (χ0n) is 15.7. The first-order valence-corrected chi connectivity index (χ1v) is 9.88. The van der Waals surface area contributed by atoms with Crippen molar-refractivity contribution in [1.82, 2.24) is 4.98 Å². The molecule has 0 saturated carbocycles. The Kier molecular flexibility index (Phi) is 5.36. The molecule has 3 aromatic rings. The Balaban J connectivity index is 1.45. The number of halogens is 3. The maximum atomic E-state index is 12.5. The van der Waals surface area contributed by atoms with Crippen LogP contribution in [0, 0.1) is 0 Å². The maximum absolute atomic E-state index is 12.5. The number of hydrogen-bond acceptors (Lipinski definition) is 6. The smallest absolute Gasteiger partial charge is 0.422 e. The normalized spacial score (nSPS) is 14.4. The van der Waals surface area contributed by atoms with Crippen molar-refractivity contribution < 1.29 is 32.3 Å². The molecule has 11 heteroatoms. The number of imide groups is 1. The topological polar surface area (TPSA) is 88.6 Å². The van der Waals surface area contributed by atoms with Gasteiger partial charge in [0.05, 0.1) is 15.9 Å². The van der Waals surface area contributed by atoms with E-state index in [1.165, 1.54) is 42.5 Å². The molecule has 1 aliphatic rings. The fraction of sp³-hybridized carbons (Fsp3) is 0.200. The SMILES string of the molecule is O=C(Nc1nc2ccc(OCC(F)(F)F)cc2s1)c1ccc(N2C(=O)CCC2=O)cc1. The second kappa shape index (κ2) is 7.99. The molecular formula is C20H14F3N3O4S. The number of carbonyl (C=O) groups excluding carboxylic acids is 3. The molecule has 31 heavy (non-hydrogen) atoms. The Hall–Kier alpha value is -3.47. The quantitative estimate of drug-likeness (QED) is 0.592. The molecule has 2 aromatic carbocycles. The third kappa shape index (κ3) is 4.66. The van der Waals surface area contributed by atoms with Crippen molar-refractivity contribution in [3.05, 3.63) is 48.0 Å². The van der Waals surface area contributed by atoms with Crippen molar-refractivity contribution in [2.75, 3.05) is 16.8 Å². The van der Waals surface area contributed by atoms with Crippen LogP contribution in [0.5, 0.6) is 5.75 Å². The van der Waals surface area contributed by atoms with E-state index < -0.39 is 18.7 Å². The number of anilines is 2. The summed E-state index contributed by atoms with van der Waals surface area (Å²) >= 11 is 1.09. The third-order valence-electron chi connectivity index (χ3n) is 4.42. The van der Waals surface area contributed by atoms with Crippen LogP contribution in [0.2, 0.25) is 0 Å². The summed E-state index contributed by atoms with van der Waals surface area (Å²) in [6.07, 6.45) is -4.10. The fourth-order valence-corrected chi connectivity index (χ4v) is 3.90. The summed E-state index contributed by atoms with van der Waals surface area (Å²) in [7, 11) is 0. The first kappa shape index (κ1) is 20.8. The number of alkyl halides is 3. The van der Waals surface area contributed by atoms with Gasteiger partial charge in [0.25, 0.3) is 5.91 Å². The van der Waals surface area contributed by atoms with Crippen LogP contribution >= 0.6 is 11.3 Å². The largest absolute Gasteiger partial charge is 0.484 e. The first-order chi connectivity index (χ1) is 14.7. The summed E-state index contributed by atoms with van der Waals surface area (Å²) in [4.78, 5) is 41.4. The number of benzene rings is 2. The molecule has 4 rings (SSSR count). The number of aromatic nitrogens is 1. The van der Waals surface area contributed by atoms with Gasteiger partial charge >= 0.3 is 6.18 Å². The van der Waals surface area contributed by atoms with Gasteiger partial charge in [0.15, 0.2) is 11.7 Å². The maximum Gasteiger partial charge on any atom is 0.422 e. The number of thiazole rings is 1. The summed E-state index contributed by atoms with van der Waals surface area (Å²) in [5.74, 6) is -0.975. The highest BCUT2D eigenvalue weighted by Crippen LogP contribution is 2.30. The van der Waals surface area contributed by atoms with Gasteiger partial charge in [-0.2, -0.15) is 13.2 Å². The molecule has 1 fully saturated rings. The van der Waals surface area contributed by atoms with Gasteiger partial charge in [-0.15, -0.1) is 0 Å². The number of amides is 3. The lowest BCUT2D eigenvalue weighted by atomic mass is 10.2. The Morgan fingerprint density at radius 1 is 1.10 bits per heavy atom. The van der Waals surface area contributed by atoms with E-state index in [9.17, 15) is 27.6 Å². The van der Waals surface area contributed by atoms with Crippen molar-refractivity contribution in [2.24, 2.45) is 0 Å². The van der Waals surface area contributed by atoms with Gasteiger partial charge < -0.3 is 4.74 Å². The zero-order chi connectivity index (χ0) is 22.2. The molecule has 2 heterocycles. The van der Waals surface area contributed by atoms with E-state index in [0.717, 1.165) is 16.2 Å². The van der Waals surface area contributed by atoms with Crippen molar-refractivity contribution in [2.45, 2.75) is 19.0 Å². The van der Waals surface area contributed by atoms with Gasteiger partial charge in [-0.1, -0.05) is 11.3 Å². The second-order valence-electron chi connectivity index (χ2n) is 6.68. The van der Waals surface area contributed by atoms with Gasteiger partial charge in [0.1, 0.15) is 5.75 Å². The van der Waals surface area contributed by atoms with Gasteiger partial charge in [-0.25, -0.2) is 4.98 Å². The van der Waals surface area contributed by atoms with Crippen LogP contribution in [0.3, 0.4) is 0 Å². The monoisotopic (exact) mass is 449 g/mol. The lowest BCUT2D eigenvalue weighted by molar-refractivity contribution is -0.153. The van der Waals surface area contributed by atoms with E-state index in [-0.39, 0.29) is 41.1 Å². The lowest BCUT2D eigenvalue weighted by Gasteiger charge is -2.13. The highest BCUT2D eigenvalue weighted by atomic mass is 32.1. The van der Waals surface area contributed by atoms with E-state index in [0.29, 0.717) is 15.9 Å². The van der Waals surface area contributed by atoms with Crippen LogP contribution < -0.4 is 15.0 Å². The third-order valence-corrected chi connectivity index (χ3v) is 5.36. The molecule has 0 aliphatic carbocycles. The molecule has 0 bridgehead atoms. The molecule has 1 aromatic heterocycles. The highest BCUT2D eigenvalue weighted by Gasteiger charge is 2.30.